The van der Waals surface area contributed by atoms with Crippen molar-refractivity contribution in [2.75, 3.05) is 74.3 Å². The van der Waals surface area contributed by atoms with E-state index in [4.69, 9.17) is 9.47 Å². The number of hydrogen-bond acceptors (Lipinski definition) is 9. The highest BCUT2D eigenvalue weighted by Crippen LogP contribution is 2.31. The first-order chi connectivity index (χ1) is 30.7. The van der Waals surface area contributed by atoms with Crippen LogP contribution in [0.25, 0.3) is 38.8 Å². The standard InChI is InChI=1S/C24H26N4O4.C24H24N4O3/c1-2-28-20-9-8-18(26-24(31)25-16-22(29)17-6-4-3-5-7-17)14-19(20)21(15-23(28)30)27-10-12-32-13-11-27;1-2-27-20-9-8-18(28-22(16-25-24(28)30)17-6-4-3-5-7-17)14-19(20)21(15-23(27)29)26-10-12-31-13-11-26/h3-9,14-15H,2,10-13,16H2,1H3,(H2,25,26,31);3-9,14-16H,2,10-13H2,1H3,(H,25,30). The van der Waals surface area contributed by atoms with Crippen LogP contribution in [0.2, 0.25) is 0 Å². The van der Waals surface area contributed by atoms with Gasteiger partial charge in [-0.2, -0.15) is 0 Å². The second-order valence-corrected chi connectivity index (χ2v) is 15.1. The van der Waals surface area contributed by atoms with Gasteiger partial charge in [0.1, 0.15) is 0 Å². The number of imidazole rings is 1. The number of rotatable bonds is 10. The zero-order valence-corrected chi connectivity index (χ0v) is 35.3. The first-order valence-corrected chi connectivity index (χ1v) is 21.2. The third kappa shape index (κ3) is 9.20. The van der Waals surface area contributed by atoms with Crippen LogP contribution in [0.5, 0.6) is 0 Å². The number of benzene rings is 4. The molecule has 0 unspecified atom stereocenters. The number of fused-ring (bicyclic) bond motifs is 2. The number of morpholine rings is 2. The molecule has 15 heteroatoms. The summed E-state index contributed by atoms with van der Waals surface area (Å²) in [7, 11) is 0. The highest BCUT2D eigenvalue weighted by Gasteiger charge is 2.20. The molecule has 63 heavy (non-hydrogen) atoms. The number of Topliss-reactive ketones (excluding diaryl/α,β-unsaturated/α-hetero) is 1. The number of nitrogens with zero attached hydrogens (tertiary/aromatic N) is 5. The van der Waals surface area contributed by atoms with E-state index in [2.05, 4.69) is 25.4 Å². The van der Waals surface area contributed by atoms with Crippen LogP contribution >= 0.6 is 0 Å². The van der Waals surface area contributed by atoms with Gasteiger partial charge in [-0.05, 0) is 50.2 Å². The second-order valence-electron chi connectivity index (χ2n) is 15.1. The van der Waals surface area contributed by atoms with E-state index in [9.17, 15) is 24.0 Å². The van der Waals surface area contributed by atoms with Crippen molar-refractivity contribution in [3.63, 3.8) is 0 Å². The number of carbonyl (C=O) groups is 2. The molecule has 3 aromatic heterocycles. The smallest absolute Gasteiger partial charge is 0.330 e. The molecule has 2 aliphatic rings. The first-order valence-electron chi connectivity index (χ1n) is 21.2. The van der Waals surface area contributed by atoms with Gasteiger partial charge in [0.25, 0.3) is 11.1 Å². The number of aromatic nitrogens is 4. The Morgan fingerprint density at radius 1 is 0.651 bits per heavy atom. The molecule has 0 saturated carbocycles. The van der Waals surface area contributed by atoms with Gasteiger partial charge in [0.2, 0.25) is 0 Å². The Labute approximate surface area is 363 Å². The average molecular weight is 851 g/mol. The SMILES string of the molecule is CCn1c(=O)cc(N2CCOCC2)c2cc(-n3c(-c4ccccc4)c[nH]c3=O)ccc21.CCn1c(=O)cc(N2CCOCC2)c2cc(NC(=O)NCC(=O)c3ccccc3)ccc21. The number of amides is 2. The number of H-pyrrole nitrogens is 1. The lowest BCUT2D eigenvalue weighted by Gasteiger charge is -2.30. The third-order valence-corrected chi connectivity index (χ3v) is 11.4. The Hall–Kier alpha value is -7.23. The van der Waals surface area contributed by atoms with Crippen molar-refractivity contribution in [2.24, 2.45) is 0 Å². The zero-order chi connectivity index (χ0) is 43.9. The minimum Gasteiger partial charge on any atom is -0.378 e. The van der Waals surface area contributed by atoms with Gasteiger partial charge in [0.15, 0.2) is 5.78 Å². The normalized spacial score (nSPS) is 14.0. The molecule has 0 radical (unpaired) electrons. The lowest BCUT2D eigenvalue weighted by atomic mass is 10.1. The van der Waals surface area contributed by atoms with Gasteiger partial charge in [-0.15, -0.1) is 0 Å². The topological polar surface area (TPSA) is 165 Å². The summed E-state index contributed by atoms with van der Waals surface area (Å²) >= 11 is 0. The number of anilines is 3. The van der Waals surface area contributed by atoms with Crippen LogP contribution in [0.4, 0.5) is 21.9 Å². The minimum atomic E-state index is -0.467. The van der Waals surface area contributed by atoms with Crippen molar-refractivity contribution >= 4 is 50.7 Å². The molecule has 3 N–H and O–H groups in total. The van der Waals surface area contributed by atoms with Gasteiger partial charge in [-0.25, -0.2) is 9.59 Å². The van der Waals surface area contributed by atoms with Crippen LogP contribution in [0.15, 0.2) is 130 Å². The largest absolute Gasteiger partial charge is 0.378 e. The maximum Gasteiger partial charge on any atom is 0.330 e. The molecule has 9 rings (SSSR count). The van der Waals surface area contributed by atoms with Crippen LogP contribution < -0.4 is 37.2 Å². The Morgan fingerprint density at radius 2 is 1.19 bits per heavy atom. The van der Waals surface area contributed by atoms with Gasteiger partial charge >= 0.3 is 11.7 Å². The molecular formula is C48H50N8O7. The van der Waals surface area contributed by atoms with Gasteiger partial charge in [-0.1, -0.05) is 60.7 Å². The maximum atomic E-state index is 12.8. The highest BCUT2D eigenvalue weighted by atomic mass is 16.5. The van der Waals surface area contributed by atoms with Crippen molar-refractivity contribution < 1.29 is 19.1 Å². The Morgan fingerprint density at radius 3 is 1.76 bits per heavy atom. The van der Waals surface area contributed by atoms with E-state index in [1.54, 1.807) is 62.4 Å². The van der Waals surface area contributed by atoms with Crippen molar-refractivity contribution in [2.45, 2.75) is 26.9 Å². The summed E-state index contributed by atoms with van der Waals surface area (Å²) in [5.41, 5.74) is 6.76. The molecule has 2 saturated heterocycles. The van der Waals surface area contributed by atoms with Crippen molar-refractivity contribution in [1.29, 1.82) is 0 Å². The predicted molar refractivity (Wildman–Crippen MR) is 247 cm³/mol. The van der Waals surface area contributed by atoms with E-state index >= 15 is 0 Å². The van der Waals surface area contributed by atoms with Crippen LogP contribution in [-0.4, -0.2) is 89.7 Å². The number of carbonyl (C=O) groups excluding carboxylic acids is 2. The molecule has 7 aromatic rings. The quantitative estimate of drug-likeness (QED) is 0.143. The molecule has 0 spiro atoms. The zero-order valence-electron chi connectivity index (χ0n) is 35.3. The second kappa shape index (κ2) is 19.2. The number of hydrogen-bond donors (Lipinski definition) is 3. The number of pyridine rings is 2. The summed E-state index contributed by atoms with van der Waals surface area (Å²) < 4.78 is 16.1. The maximum absolute atomic E-state index is 12.8. The van der Waals surface area contributed by atoms with Crippen LogP contribution in [0.1, 0.15) is 24.2 Å². The molecule has 2 fully saturated rings. The Bertz CT molecular complexity index is 2930. The summed E-state index contributed by atoms with van der Waals surface area (Å²) in [6.07, 6.45) is 1.73. The van der Waals surface area contributed by atoms with E-state index in [1.165, 1.54) is 0 Å². The van der Waals surface area contributed by atoms with E-state index in [1.807, 2.05) is 80.6 Å². The fourth-order valence-electron chi connectivity index (χ4n) is 8.23. The number of ketones is 1. The molecule has 0 atom stereocenters. The van der Waals surface area contributed by atoms with Crippen LogP contribution in [0.3, 0.4) is 0 Å². The molecule has 0 bridgehead atoms. The van der Waals surface area contributed by atoms with Crippen molar-refractivity contribution in [1.82, 2.24) is 24.0 Å². The van der Waals surface area contributed by atoms with E-state index in [-0.39, 0.29) is 29.1 Å². The molecule has 4 aromatic carbocycles. The van der Waals surface area contributed by atoms with Crippen molar-refractivity contribution in [3.05, 3.63) is 152 Å². The molecule has 0 aliphatic carbocycles. The summed E-state index contributed by atoms with van der Waals surface area (Å²) in [6, 6.07) is 32.8. The van der Waals surface area contributed by atoms with Gasteiger partial charge in [0, 0.05) is 85.2 Å². The third-order valence-electron chi connectivity index (χ3n) is 11.4. The van der Waals surface area contributed by atoms with Gasteiger partial charge < -0.3 is 44.0 Å². The average Bonchev–Trinajstić information content (AvgIpc) is 3.72. The van der Waals surface area contributed by atoms with Crippen LogP contribution in [-0.2, 0) is 22.6 Å². The molecule has 324 valence electrons. The number of ether oxygens (including phenoxy) is 2. The van der Waals surface area contributed by atoms with Crippen molar-refractivity contribution in [3.8, 4) is 16.9 Å². The highest BCUT2D eigenvalue weighted by molar-refractivity contribution is 6.02. The Balaban J connectivity index is 0.000000173. The van der Waals surface area contributed by atoms with Crippen LogP contribution in [0, 0.1) is 0 Å². The minimum absolute atomic E-state index is 0.0203. The number of urea groups is 1. The summed E-state index contributed by atoms with van der Waals surface area (Å²) in [6.45, 7) is 10.3. The van der Waals surface area contributed by atoms with E-state index in [0.29, 0.717) is 63.9 Å². The first kappa shape index (κ1) is 42.5. The molecule has 2 amide bonds. The monoisotopic (exact) mass is 850 g/mol. The Kier molecular flexibility index (Phi) is 13.0. The fourth-order valence-corrected chi connectivity index (χ4v) is 8.23. The van der Waals surface area contributed by atoms with E-state index < -0.39 is 6.03 Å². The molecule has 15 nitrogen and oxygen atoms in total. The fraction of sp³-hybridized carbons (Fsp3) is 0.271. The molecule has 2 aliphatic heterocycles. The summed E-state index contributed by atoms with van der Waals surface area (Å²) in [5, 5.41) is 7.23. The summed E-state index contributed by atoms with van der Waals surface area (Å²) in [5.74, 6) is -0.166. The summed E-state index contributed by atoms with van der Waals surface area (Å²) in [4.78, 5) is 69.9. The molecular weight excluding hydrogens is 801 g/mol. The van der Waals surface area contributed by atoms with E-state index in [0.717, 1.165) is 63.2 Å². The predicted octanol–water partition coefficient (Wildman–Crippen LogP) is 5.87. The van der Waals surface area contributed by atoms with Gasteiger partial charge in [-0.3, -0.25) is 19.0 Å². The number of aromatic amines is 1. The van der Waals surface area contributed by atoms with Gasteiger partial charge in [0.05, 0.1) is 66.8 Å². The molecule has 5 heterocycles. The number of aryl methyl sites for hydroxylation is 2. The lowest BCUT2D eigenvalue weighted by molar-refractivity contribution is 0.0993. The lowest BCUT2D eigenvalue weighted by Crippen LogP contribution is -2.37. The number of nitrogens with one attached hydrogen (secondary N) is 3.